The van der Waals surface area contributed by atoms with Gasteiger partial charge in [-0.3, -0.25) is 0 Å². The number of rotatable bonds is 0. The first kappa shape index (κ1) is 6.99. The molecule has 0 aliphatic heterocycles. The summed E-state index contributed by atoms with van der Waals surface area (Å²) in [5.74, 6) is -1.44. The van der Waals surface area contributed by atoms with Gasteiger partial charge in [0.25, 0.3) is 0 Å². The van der Waals surface area contributed by atoms with Crippen LogP contribution in [0.15, 0.2) is 18.2 Å². The van der Waals surface area contributed by atoms with Gasteiger partial charge in [-0.1, -0.05) is 0 Å². The van der Waals surface area contributed by atoms with Crippen LogP contribution >= 0.6 is 0 Å². The number of hydrogen-bond donors (Lipinski definition) is 0. The van der Waals surface area contributed by atoms with Crippen molar-refractivity contribution < 1.29 is 8.78 Å². The van der Waals surface area contributed by atoms with E-state index in [9.17, 15) is 8.78 Å². The van der Waals surface area contributed by atoms with Crippen LogP contribution in [0.3, 0.4) is 0 Å². The molecule has 0 spiro atoms. The van der Waals surface area contributed by atoms with E-state index in [0.717, 1.165) is 6.07 Å². The van der Waals surface area contributed by atoms with Gasteiger partial charge < -0.3 is 0 Å². The molecule has 0 saturated carbocycles. The second kappa shape index (κ2) is 2.64. The summed E-state index contributed by atoms with van der Waals surface area (Å²) in [5.41, 5.74) is 0. The Hall–Kier alpha value is -0.121. The molecule has 0 heterocycles. The molecular formula is C6H4F2Sn. The molecule has 2 radical (unpaired) electrons. The summed E-state index contributed by atoms with van der Waals surface area (Å²) < 4.78 is 25.1. The Labute approximate surface area is 65.0 Å². The van der Waals surface area contributed by atoms with Crippen molar-refractivity contribution in [2.24, 2.45) is 0 Å². The van der Waals surface area contributed by atoms with Crippen molar-refractivity contribution in [2.75, 3.05) is 0 Å². The normalized spacial score (nSPS) is 9.67. The van der Waals surface area contributed by atoms with Crippen LogP contribution in [-0.2, 0) is 0 Å². The fourth-order valence-corrected chi connectivity index (χ4v) is 1.23. The van der Waals surface area contributed by atoms with Crippen molar-refractivity contribution in [2.45, 2.75) is 0 Å². The predicted molar refractivity (Wildman–Crippen MR) is 33.1 cm³/mol. The van der Waals surface area contributed by atoms with E-state index in [1.54, 1.807) is 6.07 Å². The summed E-state index contributed by atoms with van der Waals surface area (Å²) in [6, 6.07) is 4.22. The Kier molecular flexibility index (Phi) is 2.05. The Balaban J connectivity index is 3.25. The third-order valence-corrected chi connectivity index (χ3v) is 2.25. The molecule has 0 aromatic heterocycles. The fraction of sp³-hybridized carbons (Fsp3) is 0. The average molecular weight is 233 g/mol. The van der Waals surface area contributed by atoms with E-state index in [0.29, 0.717) is 26.1 Å². The summed E-state index contributed by atoms with van der Waals surface area (Å²) in [7, 11) is 0. The first-order valence-corrected chi connectivity index (χ1v) is 4.06. The van der Waals surface area contributed by atoms with Crippen molar-refractivity contribution >= 4 is 26.1 Å². The quantitative estimate of drug-likeness (QED) is 0.572. The topological polar surface area (TPSA) is 0 Å². The van der Waals surface area contributed by atoms with Gasteiger partial charge in [0, 0.05) is 0 Å². The molecule has 1 aromatic rings. The third-order valence-electron chi connectivity index (χ3n) is 0.981. The van der Waals surface area contributed by atoms with Crippen LogP contribution in [0.4, 0.5) is 8.78 Å². The second-order valence-corrected chi connectivity index (χ2v) is 3.42. The molecule has 0 atom stereocenters. The van der Waals surface area contributed by atoms with Gasteiger partial charge in [0.05, 0.1) is 0 Å². The predicted octanol–water partition coefficient (Wildman–Crippen LogP) is 0.491. The van der Waals surface area contributed by atoms with Crippen LogP contribution in [0.5, 0.6) is 0 Å². The van der Waals surface area contributed by atoms with Crippen molar-refractivity contribution in [1.82, 2.24) is 0 Å². The zero-order chi connectivity index (χ0) is 6.85. The first-order valence-electron chi connectivity index (χ1n) is 2.41. The maximum atomic E-state index is 12.4. The molecule has 1 aromatic carbocycles. The zero-order valence-corrected chi connectivity index (χ0v) is 7.86. The van der Waals surface area contributed by atoms with Gasteiger partial charge in [-0.15, -0.1) is 0 Å². The van der Waals surface area contributed by atoms with Crippen molar-refractivity contribution in [3.05, 3.63) is 29.8 Å². The van der Waals surface area contributed by atoms with E-state index in [1.807, 2.05) is 0 Å². The fourth-order valence-electron chi connectivity index (χ4n) is 0.520. The molecule has 0 bridgehead atoms. The SMILES string of the molecule is Fc1ccc[c]([SnH])c1F. The second-order valence-electron chi connectivity index (χ2n) is 1.64. The Morgan fingerprint density at radius 1 is 1.22 bits per heavy atom. The van der Waals surface area contributed by atoms with E-state index in [4.69, 9.17) is 0 Å². The molecule has 0 amide bonds. The minimum absolute atomic E-state index is 0.473. The standard InChI is InChI=1S/C6H3F2.Sn.H/c7-5-3-1-2-4-6(5)8;;/h1-3H;;. The molecule has 0 fully saturated rings. The van der Waals surface area contributed by atoms with Crippen LogP contribution < -0.4 is 3.58 Å². The van der Waals surface area contributed by atoms with E-state index < -0.39 is 11.6 Å². The van der Waals surface area contributed by atoms with Crippen LogP contribution in [0, 0.1) is 11.6 Å². The summed E-state index contributed by atoms with van der Waals surface area (Å²) in [5, 5.41) is 0. The van der Waals surface area contributed by atoms with Crippen LogP contribution in [0.2, 0.25) is 0 Å². The summed E-state index contributed by atoms with van der Waals surface area (Å²) in [6.45, 7) is 0. The van der Waals surface area contributed by atoms with E-state index in [1.165, 1.54) is 6.07 Å². The molecule has 0 aliphatic rings. The number of hydrogen-bond acceptors (Lipinski definition) is 0. The number of halogens is 2. The van der Waals surface area contributed by atoms with Crippen LogP contribution in [-0.4, -0.2) is 22.5 Å². The van der Waals surface area contributed by atoms with Gasteiger partial charge in [0.2, 0.25) is 0 Å². The first-order chi connectivity index (χ1) is 4.22. The summed E-state index contributed by atoms with van der Waals surface area (Å²) in [6.07, 6.45) is 0. The van der Waals surface area contributed by atoms with Gasteiger partial charge in [-0.05, 0) is 0 Å². The van der Waals surface area contributed by atoms with Gasteiger partial charge in [0.1, 0.15) is 0 Å². The zero-order valence-electron chi connectivity index (χ0n) is 4.57. The van der Waals surface area contributed by atoms with E-state index in [2.05, 4.69) is 0 Å². The van der Waals surface area contributed by atoms with Gasteiger partial charge >= 0.3 is 64.7 Å². The van der Waals surface area contributed by atoms with Crippen molar-refractivity contribution in [1.29, 1.82) is 0 Å². The average Bonchev–Trinajstić information content (AvgIpc) is 1.83. The van der Waals surface area contributed by atoms with Gasteiger partial charge in [0.15, 0.2) is 0 Å². The molecule has 3 heteroatoms. The Morgan fingerprint density at radius 3 is 2.33 bits per heavy atom. The Bertz CT molecular complexity index is 202. The van der Waals surface area contributed by atoms with Gasteiger partial charge in [-0.2, -0.15) is 0 Å². The molecular weight excluding hydrogens is 229 g/mol. The number of benzene rings is 1. The molecule has 1 rings (SSSR count). The van der Waals surface area contributed by atoms with E-state index in [-0.39, 0.29) is 0 Å². The van der Waals surface area contributed by atoms with E-state index >= 15 is 0 Å². The third kappa shape index (κ3) is 1.41. The van der Waals surface area contributed by atoms with Crippen LogP contribution in [0.1, 0.15) is 0 Å². The monoisotopic (exact) mass is 234 g/mol. The van der Waals surface area contributed by atoms with Gasteiger partial charge in [-0.25, -0.2) is 0 Å². The van der Waals surface area contributed by atoms with Crippen molar-refractivity contribution in [3.63, 3.8) is 0 Å². The molecule has 9 heavy (non-hydrogen) atoms. The molecule has 46 valence electrons. The molecule has 0 nitrogen and oxygen atoms in total. The van der Waals surface area contributed by atoms with Crippen LogP contribution in [0.25, 0.3) is 0 Å². The minimum atomic E-state index is -0.750. The summed E-state index contributed by atoms with van der Waals surface area (Å²) in [4.78, 5) is 0. The molecule has 0 aliphatic carbocycles. The molecule has 0 N–H and O–H groups in total. The Morgan fingerprint density at radius 2 is 1.89 bits per heavy atom. The molecule has 0 saturated heterocycles. The molecule has 0 unspecified atom stereocenters. The summed E-state index contributed by atoms with van der Waals surface area (Å²) >= 11 is 0.622. The maximum absolute atomic E-state index is 12.4. The van der Waals surface area contributed by atoms with Crippen molar-refractivity contribution in [3.8, 4) is 0 Å².